The Kier molecular flexibility index (Phi) is 3.05. The molecule has 2 aromatic carbocycles. The average Bonchev–Trinajstić information content (AvgIpc) is 2.49. The van der Waals surface area contributed by atoms with Gasteiger partial charge in [0.2, 0.25) is 0 Å². The van der Waals surface area contributed by atoms with Crippen molar-refractivity contribution in [2.24, 2.45) is 0 Å². The highest BCUT2D eigenvalue weighted by Gasteiger charge is 2.09. The lowest BCUT2D eigenvalue weighted by Gasteiger charge is -2.06. The number of benzene rings is 2. The molecule has 0 spiro atoms. The Balaban J connectivity index is 1.93. The van der Waals surface area contributed by atoms with Gasteiger partial charge in [-0.1, -0.05) is 36.4 Å². The Bertz CT molecular complexity index is 836. The number of nitrogens with zero attached hydrogens (tertiary/aromatic N) is 1. The van der Waals surface area contributed by atoms with E-state index < -0.39 is 5.97 Å². The summed E-state index contributed by atoms with van der Waals surface area (Å²) in [6, 6.07) is 17.5. The topological polar surface area (TPSA) is 48.3 Å². The van der Waals surface area contributed by atoms with Gasteiger partial charge in [-0.05, 0) is 29.0 Å². The summed E-state index contributed by atoms with van der Waals surface area (Å²) >= 11 is 0. The van der Waals surface area contributed by atoms with Gasteiger partial charge in [-0.2, -0.15) is 0 Å². The van der Waals surface area contributed by atoms with E-state index in [9.17, 15) is 9.59 Å². The van der Waals surface area contributed by atoms with Crippen molar-refractivity contribution < 1.29 is 9.63 Å². The van der Waals surface area contributed by atoms with Crippen molar-refractivity contribution in [1.29, 1.82) is 0 Å². The van der Waals surface area contributed by atoms with Crippen LogP contribution in [0.25, 0.3) is 10.8 Å². The predicted octanol–water partition coefficient (Wildman–Crippen LogP) is 2.27. The molecule has 0 atom stereocenters. The molecule has 0 saturated heterocycles. The SMILES string of the molecule is O=C(On1ccccc1=O)c1ccc2ccccc2c1. The van der Waals surface area contributed by atoms with Crippen LogP contribution in [0.5, 0.6) is 0 Å². The van der Waals surface area contributed by atoms with Crippen molar-refractivity contribution in [2.75, 3.05) is 0 Å². The van der Waals surface area contributed by atoms with Crippen molar-refractivity contribution >= 4 is 16.7 Å². The lowest BCUT2D eigenvalue weighted by atomic mass is 10.1. The summed E-state index contributed by atoms with van der Waals surface area (Å²) in [5.41, 5.74) is 0.0149. The first-order valence-electron chi connectivity index (χ1n) is 6.13. The average molecular weight is 265 g/mol. The molecule has 0 aliphatic carbocycles. The third-order valence-corrected chi connectivity index (χ3v) is 2.96. The summed E-state index contributed by atoms with van der Waals surface area (Å²) in [7, 11) is 0. The van der Waals surface area contributed by atoms with Crippen molar-refractivity contribution in [3.8, 4) is 0 Å². The van der Waals surface area contributed by atoms with E-state index >= 15 is 0 Å². The zero-order valence-electron chi connectivity index (χ0n) is 10.5. The van der Waals surface area contributed by atoms with E-state index in [1.165, 1.54) is 12.3 Å². The van der Waals surface area contributed by atoms with Crippen LogP contribution in [0, 0.1) is 0 Å². The molecule has 0 fully saturated rings. The Hall–Kier alpha value is -2.88. The van der Waals surface area contributed by atoms with Crippen LogP contribution in [0.4, 0.5) is 0 Å². The van der Waals surface area contributed by atoms with Crippen LogP contribution in [0.2, 0.25) is 0 Å². The zero-order valence-corrected chi connectivity index (χ0v) is 10.5. The molecule has 0 N–H and O–H groups in total. The van der Waals surface area contributed by atoms with Crippen LogP contribution in [-0.4, -0.2) is 10.7 Å². The summed E-state index contributed by atoms with van der Waals surface area (Å²) in [5.74, 6) is -0.566. The molecule has 98 valence electrons. The summed E-state index contributed by atoms with van der Waals surface area (Å²) < 4.78 is 0.914. The van der Waals surface area contributed by atoms with Crippen LogP contribution in [0.15, 0.2) is 71.7 Å². The molecule has 4 nitrogen and oxygen atoms in total. The highest BCUT2D eigenvalue weighted by atomic mass is 16.7. The Morgan fingerprint density at radius 2 is 1.65 bits per heavy atom. The highest BCUT2D eigenvalue weighted by molar-refractivity contribution is 5.95. The minimum atomic E-state index is -0.566. The molecule has 0 bridgehead atoms. The fourth-order valence-corrected chi connectivity index (χ4v) is 1.95. The number of rotatable bonds is 2. The molecular formula is C16H11NO3. The normalized spacial score (nSPS) is 10.4. The van der Waals surface area contributed by atoms with Crippen molar-refractivity contribution in [1.82, 2.24) is 4.73 Å². The van der Waals surface area contributed by atoms with E-state index in [0.29, 0.717) is 5.56 Å². The third kappa shape index (κ3) is 2.31. The molecule has 1 heterocycles. The van der Waals surface area contributed by atoms with Gasteiger partial charge in [0.15, 0.2) is 0 Å². The predicted molar refractivity (Wildman–Crippen MR) is 75.6 cm³/mol. The molecule has 0 amide bonds. The minimum absolute atomic E-state index is 0.387. The van der Waals surface area contributed by atoms with Gasteiger partial charge >= 0.3 is 5.97 Å². The van der Waals surface area contributed by atoms with Crippen molar-refractivity contribution in [3.05, 3.63) is 82.8 Å². The molecule has 3 rings (SSSR count). The fourth-order valence-electron chi connectivity index (χ4n) is 1.95. The van der Waals surface area contributed by atoms with Gasteiger partial charge in [-0.3, -0.25) is 4.79 Å². The van der Waals surface area contributed by atoms with Gasteiger partial charge < -0.3 is 4.84 Å². The van der Waals surface area contributed by atoms with E-state index in [1.54, 1.807) is 24.3 Å². The van der Waals surface area contributed by atoms with E-state index in [1.807, 2.05) is 30.3 Å². The number of hydrogen-bond acceptors (Lipinski definition) is 3. The first-order chi connectivity index (χ1) is 9.74. The van der Waals surface area contributed by atoms with Gasteiger partial charge in [-0.25, -0.2) is 4.79 Å². The van der Waals surface area contributed by atoms with E-state index in [-0.39, 0.29) is 5.56 Å². The van der Waals surface area contributed by atoms with Crippen LogP contribution in [0.3, 0.4) is 0 Å². The monoisotopic (exact) mass is 265 g/mol. The molecule has 1 aromatic heterocycles. The molecule has 4 heteroatoms. The molecule has 3 aromatic rings. The number of fused-ring (bicyclic) bond motifs is 1. The standard InChI is InChI=1S/C16H11NO3/c18-15-7-3-4-10-17(15)20-16(19)14-9-8-12-5-1-2-6-13(12)11-14/h1-11H. The molecule has 0 aliphatic rings. The summed E-state index contributed by atoms with van der Waals surface area (Å²) in [5, 5.41) is 1.99. The van der Waals surface area contributed by atoms with Crippen molar-refractivity contribution in [3.63, 3.8) is 0 Å². The van der Waals surface area contributed by atoms with Crippen LogP contribution < -0.4 is 10.4 Å². The first-order valence-corrected chi connectivity index (χ1v) is 6.13. The second-order valence-electron chi connectivity index (χ2n) is 4.31. The van der Waals surface area contributed by atoms with Crippen molar-refractivity contribution in [2.45, 2.75) is 0 Å². The van der Waals surface area contributed by atoms with Gasteiger partial charge in [0.05, 0.1) is 5.56 Å². The number of carbonyl (C=O) groups is 1. The lowest BCUT2D eigenvalue weighted by molar-refractivity contribution is 0.0443. The van der Waals surface area contributed by atoms with Gasteiger partial charge in [0.1, 0.15) is 0 Å². The first kappa shape index (κ1) is 12.2. The van der Waals surface area contributed by atoms with Crippen LogP contribution >= 0.6 is 0 Å². The van der Waals surface area contributed by atoms with E-state index in [0.717, 1.165) is 15.5 Å². The number of aromatic nitrogens is 1. The second-order valence-corrected chi connectivity index (χ2v) is 4.31. The Morgan fingerprint density at radius 3 is 2.45 bits per heavy atom. The zero-order chi connectivity index (χ0) is 13.9. The van der Waals surface area contributed by atoms with Crippen LogP contribution in [0.1, 0.15) is 10.4 Å². The molecule has 0 aliphatic heterocycles. The molecule has 0 unspecified atom stereocenters. The van der Waals surface area contributed by atoms with E-state index in [4.69, 9.17) is 4.84 Å². The number of pyridine rings is 1. The number of hydrogen-bond donors (Lipinski definition) is 0. The Labute approximate surface area is 114 Å². The maximum atomic E-state index is 12.0. The quantitative estimate of drug-likeness (QED) is 0.714. The number of carbonyl (C=O) groups excluding carboxylic acids is 1. The summed E-state index contributed by atoms with van der Waals surface area (Å²) in [6.45, 7) is 0. The molecule has 0 radical (unpaired) electrons. The van der Waals surface area contributed by atoms with Gasteiger partial charge in [0, 0.05) is 12.3 Å². The molecule has 0 saturated carbocycles. The van der Waals surface area contributed by atoms with E-state index in [2.05, 4.69) is 0 Å². The summed E-state index contributed by atoms with van der Waals surface area (Å²) in [4.78, 5) is 28.6. The van der Waals surface area contributed by atoms with Gasteiger partial charge in [0.25, 0.3) is 5.56 Å². The minimum Gasteiger partial charge on any atom is -0.328 e. The molecular weight excluding hydrogens is 254 g/mol. The third-order valence-electron chi connectivity index (χ3n) is 2.96. The lowest BCUT2D eigenvalue weighted by Crippen LogP contribution is -2.29. The summed E-state index contributed by atoms with van der Waals surface area (Å²) in [6.07, 6.45) is 1.40. The fraction of sp³-hybridized carbons (Fsp3) is 0. The molecule has 20 heavy (non-hydrogen) atoms. The van der Waals surface area contributed by atoms with Gasteiger partial charge in [-0.15, -0.1) is 4.73 Å². The second kappa shape index (κ2) is 5.01. The Morgan fingerprint density at radius 1 is 0.900 bits per heavy atom. The smallest absolute Gasteiger partial charge is 0.328 e. The largest absolute Gasteiger partial charge is 0.363 e. The maximum Gasteiger partial charge on any atom is 0.363 e. The van der Waals surface area contributed by atoms with Crippen LogP contribution in [-0.2, 0) is 0 Å². The maximum absolute atomic E-state index is 12.0. The highest BCUT2D eigenvalue weighted by Crippen LogP contribution is 2.15.